The van der Waals surface area contributed by atoms with E-state index in [1.807, 2.05) is 6.07 Å². The summed E-state index contributed by atoms with van der Waals surface area (Å²) in [5, 5.41) is 2.74. The van der Waals surface area contributed by atoms with Crippen molar-refractivity contribution < 1.29 is 0 Å². The van der Waals surface area contributed by atoms with E-state index in [-0.39, 0.29) is 0 Å². The molecule has 3 heterocycles. The zero-order valence-corrected chi connectivity index (χ0v) is 10.8. The summed E-state index contributed by atoms with van der Waals surface area (Å²) < 4.78 is 0. The Morgan fingerprint density at radius 1 is 1.22 bits per heavy atom. The Morgan fingerprint density at radius 3 is 2.56 bits per heavy atom. The summed E-state index contributed by atoms with van der Waals surface area (Å²) in [5.74, 6) is 1.35. The van der Waals surface area contributed by atoms with Crippen molar-refractivity contribution >= 4 is 22.4 Å². The van der Waals surface area contributed by atoms with Crippen LogP contribution in [0, 0.1) is 0 Å². The zero-order valence-electron chi connectivity index (χ0n) is 9.99. The van der Waals surface area contributed by atoms with Crippen LogP contribution in [0.5, 0.6) is 0 Å². The van der Waals surface area contributed by atoms with Crippen LogP contribution in [-0.2, 0) is 0 Å². The molecular formula is C12H15N5S. The van der Waals surface area contributed by atoms with Gasteiger partial charge in [0, 0.05) is 36.8 Å². The van der Waals surface area contributed by atoms with Crippen molar-refractivity contribution in [2.24, 2.45) is 0 Å². The third-order valence-corrected chi connectivity index (χ3v) is 3.98. The van der Waals surface area contributed by atoms with E-state index in [2.05, 4.69) is 25.2 Å². The quantitative estimate of drug-likeness (QED) is 0.894. The number of hydrogen-bond acceptors (Lipinski definition) is 6. The number of anilines is 2. The van der Waals surface area contributed by atoms with Crippen LogP contribution in [0.1, 0.15) is 24.5 Å². The van der Waals surface area contributed by atoms with E-state index in [1.165, 1.54) is 11.3 Å². The normalized spacial score (nSPS) is 17.0. The van der Waals surface area contributed by atoms with Gasteiger partial charge in [-0.3, -0.25) is 0 Å². The van der Waals surface area contributed by atoms with E-state index < -0.39 is 0 Å². The second-order valence-electron chi connectivity index (χ2n) is 4.42. The minimum absolute atomic E-state index is 0.526. The van der Waals surface area contributed by atoms with Gasteiger partial charge in [-0.2, -0.15) is 0 Å². The molecule has 1 aliphatic heterocycles. The van der Waals surface area contributed by atoms with Crippen LogP contribution < -0.4 is 10.6 Å². The molecule has 2 N–H and O–H groups in total. The van der Waals surface area contributed by atoms with Gasteiger partial charge in [0.1, 0.15) is 0 Å². The first-order chi connectivity index (χ1) is 8.83. The third-order valence-electron chi connectivity index (χ3n) is 3.29. The first-order valence-corrected chi connectivity index (χ1v) is 6.94. The molecule has 0 bridgehead atoms. The number of thiazole rings is 1. The fourth-order valence-corrected chi connectivity index (χ4v) is 2.96. The second kappa shape index (κ2) is 4.89. The maximum atomic E-state index is 5.68. The molecule has 5 nitrogen and oxygen atoms in total. The van der Waals surface area contributed by atoms with Crippen LogP contribution in [0.3, 0.4) is 0 Å². The molecule has 1 aliphatic rings. The van der Waals surface area contributed by atoms with Gasteiger partial charge in [-0.1, -0.05) is 0 Å². The number of aromatic nitrogens is 3. The molecule has 0 radical (unpaired) electrons. The predicted octanol–water partition coefficient (Wildman–Crippen LogP) is 1.90. The number of rotatable bonds is 2. The lowest BCUT2D eigenvalue weighted by atomic mass is 9.94. The maximum Gasteiger partial charge on any atom is 0.225 e. The summed E-state index contributed by atoms with van der Waals surface area (Å²) in [6, 6.07) is 1.84. The highest BCUT2D eigenvalue weighted by Gasteiger charge is 2.23. The lowest BCUT2D eigenvalue weighted by molar-refractivity contribution is 0.492. The first-order valence-electron chi connectivity index (χ1n) is 6.06. The molecule has 1 saturated heterocycles. The Labute approximate surface area is 110 Å². The van der Waals surface area contributed by atoms with Crippen LogP contribution in [0.15, 0.2) is 23.8 Å². The van der Waals surface area contributed by atoms with Gasteiger partial charge in [-0.25, -0.2) is 15.0 Å². The van der Waals surface area contributed by atoms with Crippen molar-refractivity contribution in [3.63, 3.8) is 0 Å². The van der Waals surface area contributed by atoms with Gasteiger partial charge in [0.05, 0.1) is 5.69 Å². The van der Waals surface area contributed by atoms with Crippen LogP contribution in [0.4, 0.5) is 11.1 Å². The average Bonchev–Trinajstić information content (AvgIpc) is 2.87. The molecule has 0 unspecified atom stereocenters. The van der Waals surface area contributed by atoms with Gasteiger partial charge in [-0.15, -0.1) is 11.3 Å². The smallest absolute Gasteiger partial charge is 0.225 e. The lowest BCUT2D eigenvalue weighted by Crippen LogP contribution is -2.34. The largest absolute Gasteiger partial charge is 0.375 e. The molecular weight excluding hydrogens is 246 g/mol. The zero-order chi connectivity index (χ0) is 12.4. The Kier molecular flexibility index (Phi) is 3.10. The summed E-state index contributed by atoms with van der Waals surface area (Å²) >= 11 is 1.52. The molecule has 94 valence electrons. The van der Waals surface area contributed by atoms with E-state index in [0.29, 0.717) is 11.0 Å². The van der Waals surface area contributed by atoms with Gasteiger partial charge in [0.2, 0.25) is 5.95 Å². The molecule has 0 spiro atoms. The van der Waals surface area contributed by atoms with E-state index >= 15 is 0 Å². The van der Waals surface area contributed by atoms with Crippen molar-refractivity contribution in [3.05, 3.63) is 29.5 Å². The summed E-state index contributed by atoms with van der Waals surface area (Å²) in [5.41, 5.74) is 6.83. The van der Waals surface area contributed by atoms with Crippen molar-refractivity contribution in [1.29, 1.82) is 0 Å². The monoisotopic (exact) mass is 261 g/mol. The molecule has 3 rings (SSSR count). The molecule has 2 aromatic rings. The van der Waals surface area contributed by atoms with Gasteiger partial charge in [0.15, 0.2) is 5.13 Å². The number of nitrogen functional groups attached to an aromatic ring is 1. The van der Waals surface area contributed by atoms with Gasteiger partial charge < -0.3 is 10.6 Å². The van der Waals surface area contributed by atoms with E-state index in [0.717, 1.165) is 37.6 Å². The maximum absolute atomic E-state index is 5.68. The van der Waals surface area contributed by atoms with Gasteiger partial charge >= 0.3 is 0 Å². The second-order valence-corrected chi connectivity index (χ2v) is 5.31. The summed E-state index contributed by atoms with van der Waals surface area (Å²) in [4.78, 5) is 15.2. The molecule has 0 saturated carbocycles. The highest BCUT2D eigenvalue weighted by Crippen LogP contribution is 2.30. The number of hydrogen-bond donors (Lipinski definition) is 1. The van der Waals surface area contributed by atoms with Crippen molar-refractivity contribution in [3.8, 4) is 0 Å². The SMILES string of the molecule is Nc1nc(C2CCN(c3ncccn3)CC2)cs1. The van der Waals surface area contributed by atoms with Crippen molar-refractivity contribution in [1.82, 2.24) is 15.0 Å². The average molecular weight is 261 g/mol. The molecule has 18 heavy (non-hydrogen) atoms. The highest BCUT2D eigenvalue weighted by molar-refractivity contribution is 7.13. The highest BCUT2D eigenvalue weighted by atomic mass is 32.1. The van der Waals surface area contributed by atoms with Crippen LogP contribution in [0.25, 0.3) is 0 Å². The van der Waals surface area contributed by atoms with Crippen molar-refractivity contribution in [2.75, 3.05) is 23.7 Å². The number of nitrogens with zero attached hydrogens (tertiary/aromatic N) is 4. The standard InChI is InChI=1S/C12H15N5S/c13-11-16-10(8-18-11)9-2-6-17(7-3-9)12-14-4-1-5-15-12/h1,4-5,8-9H,2-3,6-7H2,(H2,13,16). The molecule has 1 fully saturated rings. The molecule has 6 heteroatoms. The van der Waals surface area contributed by atoms with E-state index in [4.69, 9.17) is 5.73 Å². The molecule has 0 atom stereocenters. The number of piperidine rings is 1. The minimum atomic E-state index is 0.526. The minimum Gasteiger partial charge on any atom is -0.375 e. The summed E-state index contributed by atoms with van der Waals surface area (Å²) in [7, 11) is 0. The van der Waals surface area contributed by atoms with Crippen LogP contribution >= 0.6 is 11.3 Å². The number of nitrogens with two attached hydrogens (primary N) is 1. The van der Waals surface area contributed by atoms with E-state index in [1.54, 1.807) is 12.4 Å². The van der Waals surface area contributed by atoms with Crippen LogP contribution in [0.2, 0.25) is 0 Å². The Balaban J connectivity index is 1.65. The Hall–Kier alpha value is -1.69. The van der Waals surface area contributed by atoms with Gasteiger partial charge in [-0.05, 0) is 18.9 Å². The summed E-state index contributed by atoms with van der Waals surface area (Å²) in [6.07, 6.45) is 5.74. The Morgan fingerprint density at radius 2 is 1.94 bits per heavy atom. The lowest BCUT2D eigenvalue weighted by Gasteiger charge is -2.31. The fraction of sp³-hybridized carbons (Fsp3) is 0.417. The van der Waals surface area contributed by atoms with E-state index in [9.17, 15) is 0 Å². The van der Waals surface area contributed by atoms with Crippen molar-refractivity contribution in [2.45, 2.75) is 18.8 Å². The molecule has 0 aromatic carbocycles. The predicted molar refractivity (Wildman–Crippen MR) is 72.7 cm³/mol. The molecule has 0 aliphatic carbocycles. The topological polar surface area (TPSA) is 67.9 Å². The fourth-order valence-electron chi connectivity index (χ4n) is 2.32. The molecule has 2 aromatic heterocycles. The molecule has 0 amide bonds. The third kappa shape index (κ3) is 2.28. The van der Waals surface area contributed by atoms with Gasteiger partial charge in [0.25, 0.3) is 0 Å². The first kappa shape index (κ1) is 11.4. The summed E-state index contributed by atoms with van der Waals surface area (Å²) in [6.45, 7) is 1.96. The van der Waals surface area contributed by atoms with Crippen LogP contribution in [-0.4, -0.2) is 28.0 Å². The Bertz CT molecular complexity index is 504.